The van der Waals surface area contributed by atoms with Gasteiger partial charge in [0.15, 0.2) is 10.9 Å². The maximum atomic E-state index is 12.0. The Hall–Kier alpha value is -1.21. The van der Waals surface area contributed by atoms with Gasteiger partial charge in [-0.25, -0.2) is 4.98 Å². The third kappa shape index (κ3) is 2.87. The molecule has 0 unspecified atom stereocenters. The summed E-state index contributed by atoms with van der Waals surface area (Å²) in [6.07, 6.45) is -3.76. The number of nitrogen functional groups attached to an aromatic ring is 1. The van der Waals surface area contributed by atoms with Gasteiger partial charge in [-0.15, -0.1) is 13.2 Å². The Morgan fingerprint density at radius 3 is 2.53 bits per heavy atom. The van der Waals surface area contributed by atoms with Crippen molar-refractivity contribution in [3.63, 3.8) is 0 Å². The van der Waals surface area contributed by atoms with Gasteiger partial charge in [0.05, 0.1) is 0 Å². The van der Waals surface area contributed by atoms with E-state index in [1.54, 1.807) is 0 Å². The van der Waals surface area contributed by atoms with Crippen LogP contribution in [0.1, 0.15) is 5.56 Å². The van der Waals surface area contributed by atoms with Crippen molar-refractivity contribution in [2.75, 3.05) is 5.73 Å². The fraction of sp³-hybridized carbons (Fsp3) is 0.286. The Morgan fingerprint density at radius 1 is 1.47 bits per heavy atom. The minimum atomic E-state index is -4.84. The topological polar surface area (TPSA) is 74.2 Å². The predicted molar refractivity (Wildman–Crippen MR) is 48.2 cm³/mol. The molecule has 0 saturated heterocycles. The number of alkyl halides is 3. The van der Waals surface area contributed by atoms with Gasteiger partial charge in [-0.2, -0.15) is 0 Å². The van der Waals surface area contributed by atoms with Crippen LogP contribution in [0.5, 0.6) is 5.75 Å². The van der Waals surface area contributed by atoms with Crippen LogP contribution in [0.4, 0.5) is 18.9 Å². The highest BCUT2D eigenvalue weighted by Crippen LogP contribution is 2.34. The van der Waals surface area contributed by atoms with E-state index in [1.165, 1.54) is 0 Å². The van der Waals surface area contributed by atoms with Crippen LogP contribution < -0.4 is 16.2 Å². The predicted octanol–water partition coefficient (Wildman–Crippen LogP) is 1.67. The largest absolute Gasteiger partial charge is 0.573 e. The summed E-state index contributed by atoms with van der Waals surface area (Å²) in [7, 11) is 0. The van der Waals surface area contributed by atoms with E-state index in [1.807, 2.05) is 0 Å². The number of anilines is 1. The summed E-state index contributed by atoms with van der Waals surface area (Å²) in [5.41, 5.74) is 10.2. The van der Waals surface area contributed by atoms with Crippen LogP contribution in [-0.2, 0) is 6.54 Å². The summed E-state index contributed by atoms with van der Waals surface area (Å²) in [6, 6.07) is 0. The highest BCUT2D eigenvalue weighted by Gasteiger charge is 2.33. The van der Waals surface area contributed by atoms with Gasteiger partial charge in [0.25, 0.3) is 0 Å². The molecule has 15 heavy (non-hydrogen) atoms. The normalized spacial score (nSPS) is 11.5. The molecule has 0 amide bonds. The Balaban J connectivity index is 3.18. The van der Waals surface area contributed by atoms with E-state index in [4.69, 9.17) is 23.1 Å². The number of aromatic nitrogens is 1. The van der Waals surface area contributed by atoms with Crippen LogP contribution in [0, 0.1) is 0 Å². The highest BCUT2D eigenvalue weighted by atomic mass is 35.5. The molecule has 1 aromatic rings. The highest BCUT2D eigenvalue weighted by molar-refractivity contribution is 6.32. The number of hydrogen-bond acceptors (Lipinski definition) is 4. The van der Waals surface area contributed by atoms with E-state index in [-0.39, 0.29) is 22.9 Å². The van der Waals surface area contributed by atoms with E-state index in [0.717, 1.165) is 6.20 Å². The Labute approximate surface area is 88.0 Å². The van der Waals surface area contributed by atoms with Gasteiger partial charge in [-0.1, -0.05) is 11.6 Å². The molecule has 1 aromatic heterocycles. The van der Waals surface area contributed by atoms with Crippen molar-refractivity contribution in [2.24, 2.45) is 5.73 Å². The van der Waals surface area contributed by atoms with Gasteiger partial charge in [0, 0.05) is 18.3 Å². The first kappa shape index (κ1) is 11.9. The molecule has 0 radical (unpaired) electrons. The van der Waals surface area contributed by atoms with Gasteiger partial charge in [-0.05, 0) is 0 Å². The van der Waals surface area contributed by atoms with Gasteiger partial charge >= 0.3 is 6.36 Å². The summed E-state index contributed by atoms with van der Waals surface area (Å²) >= 11 is 5.45. The van der Waals surface area contributed by atoms with Crippen LogP contribution in [0.2, 0.25) is 5.15 Å². The second kappa shape index (κ2) is 4.11. The third-order valence-corrected chi connectivity index (χ3v) is 1.83. The first-order valence-electron chi connectivity index (χ1n) is 3.74. The van der Waals surface area contributed by atoms with E-state index in [0.29, 0.717) is 0 Å². The molecule has 0 aliphatic heterocycles. The van der Waals surface area contributed by atoms with Crippen molar-refractivity contribution in [1.82, 2.24) is 4.98 Å². The number of nitrogens with two attached hydrogens (primary N) is 2. The van der Waals surface area contributed by atoms with Crippen LogP contribution in [0.3, 0.4) is 0 Å². The van der Waals surface area contributed by atoms with E-state index in [2.05, 4.69) is 9.72 Å². The minimum Gasteiger partial charge on any atom is -0.403 e. The minimum absolute atomic E-state index is 0.0363. The summed E-state index contributed by atoms with van der Waals surface area (Å²) < 4.78 is 39.7. The molecule has 0 saturated carbocycles. The van der Waals surface area contributed by atoms with Crippen molar-refractivity contribution >= 4 is 17.3 Å². The molecule has 1 rings (SSSR count). The SMILES string of the molecule is NCc1cnc(Cl)c(N)c1OC(F)(F)F. The quantitative estimate of drug-likeness (QED) is 0.773. The third-order valence-electron chi connectivity index (χ3n) is 1.53. The van der Waals surface area contributed by atoms with E-state index < -0.39 is 12.1 Å². The lowest BCUT2D eigenvalue weighted by Gasteiger charge is -2.14. The van der Waals surface area contributed by atoms with Crippen LogP contribution in [0.15, 0.2) is 6.20 Å². The summed E-state index contributed by atoms with van der Waals surface area (Å²) in [5, 5.41) is -0.258. The Bertz CT molecular complexity index is 369. The van der Waals surface area contributed by atoms with Gasteiger partial charge in [0.1, 0.15) is 5.69 Å². The number of rotatable bonds is 2. The zero-order chi connectivity index (χ0) is 11.6. The fourth-order valence-corrected chi connectivity index (χ4v) is 1.05. The Kier molecular flexibility index (Phi) is 3.25. The van der Waals surface area contributed by atoms with Gasteiger partial charge < -0.3 is 16.2 Å². The molecular formula is C7H7ClF3N3O. The molecule has 0 bridgehead atoms. The van der Waals surface area contributed by atoms with Crippen molar-refractivity contribution in [3.05, 3.63) is 16.9 Å². The average molecular weight is 242 g/mol. The molecule has 8 heteroatoms. The molecule has 0 aliphatic carbocycles. The van der Waals surface area contributed by atoms with Crippen LogP contribution in [-0.4, -0.2) is 11.3 Å². The molecule has 0 fully saturated rings. The molecule has 4 nitrogen and oxygen atoms in total. The first-order valence-corrected chi connectivity index (χ1v) is 4.11. The first-order chi connectivity index (χ1) is 6.85. The monoisotopic (exact) mass is 241 g/mol. The summed E-state index contributed by atoms with van der Waals surface area (Å²) in [5.74, 6) is -0.593. The van der Waals surface area contributed by atoms with E-state index >= 15 is 0 Å². The number of halogens is 4. The summed E-state index contributed by atoms with van der Waals surface area (Å²) in [6.45, 7) is -0.181. The lowest BCUT2D eigenvalue weighted by molar-refractivity contribution is -0.274. The molecule has 0 spiro atoms. The molecule has 4 N–H and O–H groups in total. The smallest absolute Gasteiger partial charge is 0.403 e. The average Bonchev–Trinajstić information content (AvgIpc) is 2.11. The number of nitrogens with zero attached hydrogens (tertiary/aromatic N) is 1. The van der Waals surface area contributed by atoms with Gasteiger partial charge in [0.2, 0.25) is 0 Å². The van der Waals surface area contributed by atoms with Crippen molar-refractivity contribution < 1.29 is 17.9 Å². The van der Waals surface area contributed by atoms with Gasteiger partial charge in [-0.3, -0.25) is 0 Å². The van der Waals surface area contributed by atoms with E-state index in [9.17, 15) is 13.2 Å². The molecule has 1 heterocycles. The fourth-order valence-electron chi connectivity index (χ4n) is 0.911. The zero-order valence-electron chi connectivity index (χ0n) is 7.31. The number of pyridine rings is 1. The molecule has 84 valence electrons. The van der Waals surface area contributed by atoms with Crippen molar-refractivity contribution in [3.8, 4) is 5.75 Å². The molecule has 0 atom stereocenters. The number of ether oxygens (including phenoxy) is 1. The molecular weight excluding hydrogens is 235 g/mol. The maximum absolute atomic E-state index is 12.0. The standard InChI is InChI=1S/C7H7ClF3N3O/c8-6-4(13)5(15-7(9,10)11)3(1-12)2-14-6/h2H,1,12-13H2. The summed E-state index contributed by atoms with van der Waals surface area (Å²) in [4.78, 5) is 3.55. The lowest BCUT2D eigenvalue weighted by atomic mass is 10.2. The van der Waals surface area contributed by atoms with Crippen LogP contribution in [0.25, 0.3) is 0 Å². The lowest BCUT2D eigenvalue weighted by Crippen LogP contribution is -2.20. The van der Waals surface area contributed by atoms with Crippen molar-refractivity contribution in [1.29, 1.82) is 0 Å². The molecule has 0 aromatic carbocycles. The number of hydrogen-bond donors (Lipinski definition) is 2. The Morgan fingerprint density at radius 2 is 2.07 bits per heavy atom. The maximum Gasteiger partial charge on any atom is 0.573 e. The second-order valence-corrected chi connectivity index (χ2v) is 2.93. The molecule has 0 aliphatic rings. The second-order valence-electron chi connectivity index (χ2n) is 2.57. The zero-order valence-corrected chi connectivity index (χ0v) is 8.06. The van der Waals surface area contributed by atoms with Crippen LogP contribution >= 0.6 is 11.6 Å². The van der Waals surface area contributed by atoms with Crippen molar-refractivity contribution in [2.45, 2.75) is 12.9 Å².